The van der Waals surface area contributed by atoms with Crippen LogP contribution in [0.3, 0.4) is 0 Å². The van der Waals surface area contributed by atoms with E-state index in [0.717, 1.165) is 5.56 Å². The fourth-order valence-corrected chi connectivity index (χ4v) is 3.22. The maximum Gasteiger partial charge on any atom is 0.340 e. The Morgan fingerprint density at radius 1 is 1.27 bits per heavy atom. The molecule has 2 aromatic rings. The SMILES string of the molecule is Cc1ccccc1C(=O)N1CCC(C(=O)N[C@H](C)c2n[nH]c(=O)[nH]2)CC1. The van der Waals surface area contributed by atoms with Crippen LogP contribution in [0.25, 0.3) is 0 Å². The number of aromatic amines is 2. The minimum absolute atomic E-state index is 0.0180. The summed E-state index contributed by atoms with van der Waals surface area (Å²) in [4.78, 5) is 40.5. The van der Waals surface area contributed by atoms with E-state index in [1.807, 2.05) is 31.2 Å². The summed E-state index contributed by atoms with van der Waals surface area (Å²) in [5, 5.41) is 8.98. The molecule has 1 aromatic carbocycles. The maximum absolute atomic E-state index is 12.6. The van der Waals surface area contributed by atoms with Gasteiger partial charge in [0, 0.05) is 24.6 Å². The van der Waals surface area contributed by atoms with Gasteiger partial charge in [0.15, 0.2) is 5.82 Å². The lowest BCUT2D eigenvalue weighted by Crippen LogP contribution is -2.43. The van der Waals surface area contributed by atoms with Gasteiger partial charge >= 0.3 is 5.69 Å². The van der Waals surface area contributed by atoms with Crippen molar-refractivity contribution in [2.24, 2.45) is 5.92 Å². The molecule has 3 N–H and O–H groups in total. The fourth-order valence-electron chi connectivity index (χ4n) is 3.22. The van der Waals surface area contributed by atoms with Crippen molar-refractivity contribution in [3.05, 3.63) is 51.7 Å². The monoisotopic (exact) mass is 357 g/mol. The molecule has 0 radical (unpaired) electrons. The lowest BCUT2D eigenvalue weighted by Gasteiger charge is -2.32. The Kier molecular flexibility index (Phi) is 5.20. The van der Waals surface area contributed by atoms with E-state index < -0.39 is 5.69 Å². The number of aromatic nitrogens is 3. The Morgan fingerprint density at radius 3 is 2.58 bits per heavy atom. The highest BCUT2D eigenvalue weighted by atomic mass is 16.2. The number of hydrogen-bond acceptors (Lipinski definition) is 4. The molecular formula is C18H23N5O3. The molecule has 26 heavy (non-hydrogen) atoms. The van der Waals surface area contributed by atoms with Gasteiger partial charge in [0.2, 0.25) is 5.91 Å². The maximum atomic E-state index is 12.6. The van der Waals surface area contributed by atoms with Crippen LogP contribution in [0, 0.1) is 12.8 Å². The first kappa shape index (κ1) is 17.9. The van der Waals surface area contributed by atoms with Gasteiger partial charge in [0.1, 0.15) is 0 Å². The van der Waals surface area contributed by atoms with Gasteiger partial charge < -0.3 is 10.2 Å². The van der Waals surface area contributed by atoms with Crippen LogP contribution in [0.4, 0.5) is 0 Å². The number of nitrogens with one attached hydrogen (secondary N) is 3. The van der Waals surface area contributed by atoms with Crippen molar-refractivity contribution in [3.63, 3.8) is 0 Å². The van der Waals surface area contributed by atoms with Gasteiger partial charge in [-0.3, -0.25) is 14.6 Å². The zero-order chi connectivity index (χ0) is 18.7. The van der Waals surface area contributed by atoms with Crippen molar-refractivity contribution in [2.75, 3.05) is 13.1 Å². The van der Waals surface area contributed by atoms with Crippen LogP contribution in [0.5, 0.6) is 0 Å². The van der Waals surface area contributed by atoms with Crippen LogP contribution in [0.2, 0.25) is 0 Å². The molecular weight excluding hydrogens is 334 g/mol. The zero-order valence-electron chi connectivity index (χ0n) is 14.9. The summed E-state index contributed by atoms with van der Waals surface area (Å²) < 4.78 is 0. The minimum atomic E-state index is -0.399. The van der Waals surface area contributed by atoms with E-state index in [2.05, 4.69) is 20.5 Å². The Morgan fingerprint density at radius 2 is 1.96 bits per heavy atom. The number of likely N-dealkylation sites (tertiary alicyclic amines) is 1. The van der Waals surface area contributed by atoms with E-state index in [0.29, 0.717) is 37.3 Å². The summed E-state index contributed by atoms with van der Waals surface area (Å²) in [6.45, 7) is 4.80. The van der Waals surface area contributed by atoms with E-state index in [4.69, 9.17) is 0 Å². The van der Waals surface area contributed by atoms with Gasteiger partial charge in [-0.05, 0) is 38.3 Å². The molecule has 1 aliphatic heterocycles. The smallest absolute Gasteiger partial charge is 0.340 e. The van der Waals surface area contributed by atoms with Crippen molar-refractivity contribution in [3.8, 4) is 0 Å². The van der Waals surface area contributed by atoms with E-state index in [1.54, 1.807) is 11.8 Å². The summed E-state index contributed by atoms with van der Waals surface area (Å²) in [6, 6.07) is 7.15. The second-order valence-corrected chi connectivity index (χ2v) is 6.67. The number of rotatable bonds is 4. The summed E-state index contributed by atoms with van der Waals surface area (Å²) in [6.07, 6.45) is 1.24. The Balaban J connectivity index is 1.54. The van der Waals surface area contributed by atoms with E-state index in [1.165, 1.54) is 0 Å². The molecule has 0 aliphatic carbocycles. The summed E-state index contributed by atoms with van der Waals surface area (Å²) in [5.74, 6) is 0.188. The van der Waals surface area contributed by atoms with Crippen molar-refractivity contribution in [1.29, 1.82) is 0 Å². The summed E-state index contributed by atoms with van der Waals surface area (Å²) >= 11 is 0. The van der Waals surface area contributed by atoms with Crippen LogP contribution < -0.4 is 11.0 Å². The Hall–Kier alpha value is -2.90. The van der Waals surface area contributed by atoms with Gasteiger partial charge in [-0.25, -0.2) is 9.89 Å². The molecule has 138 valence electrons. The molecule has 1 aromatic heterocycles. The van der Waals surface area contributed by atoms with Crippen LogP contribution in [0.1, 0.15) is 47.6 Å². The van der Waals surface area contributed by atoms with Crippen molar-refractivity contribution >= 4 is 11.8 Å². The first-order valence-corrected chi connectivity index (χ1v) is 8.75. The number of H-pyrrole nitrogens is 2. The molecule has 0 spiro atoms. The molecule has 1 atom stereocenters. The molecule has 0 unspecified atom stereocenters. The van der Waals surface area contributed by atoms with Crippen LogP contribution >= 0.6 is 0 Å². The van der Waals surface area contributed by atoms with Crippen molar-refractivity contribution in [1.82, 2.24) is 25.4 Å². The number of piperidine rings is 1. The molecule has 1 aliphatic rings. The van der Waals surface area contributed by atoms with Crippen LogP contribution in [-0.2, 0) is 4.79 Å². The first-order valence-electron chi connectivity index (χ1n) is 8.75. The third-order valence-electron chi connectivity index (χ3n) is 4.82. The predicted octanol–water partition coefficient (Wildman–Crippen LogP) is 1.14. The zero-order valence-corrected chi connectivity index (χ0v) is 14.9. The third kappa shape index (κ3) is 3.84. The largest absolute Gasteiger partial charge is 0.346 e. The highest BCUT2D eigenvalue weighted by Gasteiger charge is 2.29. The van der Waals surface area contributed by atoms with Crippen molar-refractivity contribution in [2.45, 2.75) is 32.7 Å². The number of carbonyl (C=O) groups excluding carboxylic acids is 2. The lowest BCUT2D eigenvalue weighted by molar-refractivity contribution is -0.127. The van der Waals surface area contributed by atoms with E-state index >= 15 is 0 Å². The molecule has 0 bridgehead atoms. The highest BCUT2D eigenvalue weighted by molar-refractivity contribution is 5.95. The second-order valence-electron chi connectivity index (χ2n) is 6.67. The molecule has 2 heterocycles. The van der Waals surface area contributed by atoms with Gasteiger partial charge in [-0.1, -0.05) is 18.2 Å². The molecule has 3 rings (SSSR count). The third-order valence-corrected chi connectivity index (χ3v) is 4.82. The normalized spacial score (nSPS) is 16.3. The van der Waals surface area contributed by atoms with E-state index in [9.17, 15) is 14.4 Å². The number of benzene rings is 1. The highest BCUT2D eigenvalue weighted by Crippen LogP contribution is 2.21. The van der Waals surface area contributed by atoms with Gasteiger partial charge in [0.25, 0.3) is 5.91 Å². The second kappa shape index (κ2) is 7.55. The molecule has 1 fully saturated rings. The Labute approximate surface area is 151 Å². The molecule has 8 nitrogen and oxygen atoms in total. The van der Waals surface area contributed by atoms with E-state index in [-0.39, 0.29) is 23.8 Å². The van der Waals surface area contributed by atoms with Gasteiger partial charge in [-0.15, -0.1) is 0 Å². The summed E-state index contributed by atoms with van der Waals surface area (Å²) in [7, 11) is 0. The Bertz CT molecular complexity index is 848. The topological polar surface area (TPSA) is 111 Å². The lowest BCUT2D eigenvalue weighted by atomic mass is 9.94. The molecule has 1 saturated heterocycles. The van der Waals surface area contributed by atoms with Crippen LogP contribution in [-0.4, -0.2) is 45.0 Å². The van der Waals surface area contributed by atoms with Gasteiger partial charge in [-0.2, -0.15) is 5.10 Å². The number of hydrogen-bond donors (Lipinski definition) is 3. The average molecular weight is 357 g/mol. The number of aryl methyl sites for hydroxylation is 1. The number of amides is 2. The minimum Gasteiger partial charge on any atom is -0.346 e. The molecule has 0 saturated carbocycles. The first-order chi connectivity index (χ1) is 12.5. The fraction of sp³-hybridized carbons (Fsp3) is 0.444. The standard InChI is InChI=1S/C18H23N5O3/c1-11-5-3-4-6-14(11)17(25)23-9-7-13(8-10-23)16(24)19-12(2)15-20-18(26)22-21-15/h3-6,12-13H,7-10H2,1-2H3,(H,19,24)(H2,20,21,22,26)/t12-/m1/s1. The predicted molar refractivity (Wildman–Crippen MR) is 95.6 cm³/mol. The number of nitrogens with zero attached hydrogens (tertiary/aromatic N) is 2. The summed E-state index contributed by atoms with van der Waals surface area (Å²) in [5.41, 5.74) is 1.27. The molecule has 8 heteroatoms. The van der Waals surface area contributed by atoms with Crippen LogP contribution in [0.15, 0.2) is 29.1 Å². The quantitative estimate of drug-likeness (QED) is 0.762. The number of carbonyl (C=O) groups is 2. The molecule has 2 amide bonds. The van der Waals surface area contributed by atoms with Crippen molar-refractivity contribution < 1.29 is 9.59 Å². The van der Waals surface area contributed by atoms with Gasteiger partial charge in [0.05, 0.1) is 6.04 Å². The average Bonchev–Trinajstić information content (AvgIpc) is 3.08.